The Bertz CT molecular complexity index is 1290. The van der Waals surface area contributed by atoms with Crippen LogP contribution in [0.1, 0.15) is 24.0 Å². The van der Waals surface area contributed by atoms with Crippen molar-refractivity contribution in [1.82, 2.24) is 14.5 Å². The number of sulfonamides is 1. The number of methoxy groups -OCH3 is 1. The van der Waals surface area contributed by atoms with Gasteiger partial charge in [0.15, 0.2) is 0 Å². The van der Waals surface area contributed by atoms with Crippen molar-refractivity contribution in [2.45, 2.75) is 42.4 Å². The second-order valence-corrected chi connectivity index (χ2v) is 11.3. The van der Waals surface area contributed by atoms with Gasteiger partial charge in [0.2, 0.25) is 15.9 Å². The van der Waals surface area contributed by atoms with Gasteiger partial charge in [0.25, 0.3) is 0 Å². The summed E-state index contributed by atoms with van der Waals surface area (Å²) in [4.78, 5) is 15.9. The average molecular weight is 506 g/mol. The summed E-state index contributed by atoms with van der Waals surface area (Å²) in [6, 6.07) is 26.1. The molecule has 3 aromatic carbocycles. The molecule has 0 aliphatic carbocycles. The zero-order valence-electron chi connectivity index (χ0n) is 20.3. The molecule has 1 N–H and O–H groups in total. The minimum atomic E-state index is -3.64. The molecule has 2 heterocycles. The summed E-state index contributed by atoms with van der Waals surface area (Å²) in [5.41, 5.74) is 1.57. The summed E-state index contributed by atoms with van der Waals surface area (Å²) in [5, 5.41) is 3.64. The third-order valence-electron chi connectivity index (χ3n) is 7.24. The minimum absolute atomic E-state index is 0.0640. The van der Waals surface area contributed by atoms with E-state index < -0.39 is 15.7 Å². The predicted octanol–water partition coefficient (Wildman–Crippen LogP) is 3.42. The van der Waals surface area contributed by atoms with Crippen LogP contribution in [0.15, 0.2) is 89.8 Å². The lowest BCUT2D eigenvalue weighted by molar-refractivity contribution is -0.134. The number of hydrogen-bond acceptors (Lipinski definition) is 5. The van der Waals surface area contributed by atoms with Crippen LogP contribution in [0.4, 0.5) is 0 Å². The normalized spacial score (nSPS) is 20.1. The Morgan fingerprint density at radius 2 is 1.47 bits per heavy atom. The van der Waals surface area contributed by atoms with Crippen molar-refractivity contribution in [3.63, 3.8) is 0 Å². The smallest absolute Gasteiger partial charge is 0.243 e. The fraction of sp³-hybridized carbons (Fsp3) is 0.321. The lowest BCUT2D eigenvalue weighted by Gasteiger charge is -2.44. The number of ether oxygens (including phenoxy) is 1. The van der Waals surface area contributed by atoms with Gasteiger partial charge in [-0.25, -0.2) is 8.42 Å². The summed E-state index contributed by atoms with van der Waals surface area (Å²) in [6.07, 6.45) is 1.64. The van der Waals surface area contributed by atoms with Crippen molar-refractivity contribution in [1.29, 1.82) is 0 Å². The van der Waals surface area contributed by atoms with Crippen molar-refractivity contribution in [3.8, 4) is 5.75 Å². The minimum Gasteiger partial charge on any atom is -0.497 e. The maximum absolute atomic E-state index is 13.7. The van der Waals surface area contributed by atoms with Crippen LogP contribution in [0.5, 0.6) is 5.75 Å². The summed E-state index contributed by atoms with van der Waals surface area (Å²) >= 11 is 0. The fourth-order valence-electron chi connectivity index (χ4n) is 5.25. The van der Waals surface area contributed by atoms with E-state index in [0.29, 0.717) is 44.6 Å². The molecule has 1 amide bonds. The molecular weight excluding hydrogens is 474 g/mol. The molecule has 0 bridgehead atoms. The Morgan fingerprint density at radius 1 is 0.889 bits per heavy atom. The van der Waals surface area contributed by atoms with Gasteiger partial charge in [0.1, 0.15) is 5.75 Å². The van der Waals surface area contributed by atoms with Gasteiger partial charge in [-0.2, -0.15) is 4.31 Å². The van der Waals surface area contributed by atoms with Gasteiger partial charge in [0.05, 0.1) is 23.7 Å². The van der Waals surface area contributed by atoms with E-state index in [1.54, 1.807) is 31.4 Å². The molecule has 7 nitrogen and oxygen atoms in total. The highest BCUT2D eigenvalue weighted by atomic mass is 32.2. The number of carbonyl (C=O) groups is 1. The van der Waals surface area contributed by atoms with E-state index in [1.807, 2.05) is 65.6 Å². The monoisotopic (exact) mass is 505 g/mol. The van der Waals surface area contributed by atoms with Crippen molar-refractivity contribution >= 4 is 15.9 Å². The van der Waals surface area contributed by atoms with Crippen molar-refractivity contribution in [2.24, 2.45) is 0 Å². The van der Waals surface area contributed by atoms with E-state index >= 15 is 0 Å². The van der Waals surface area contributed by atoms with Gasteiger partial charge >= 0.3 is 0 Å². The number of nitrogens with zero attached hydrogens (tertiary/aromatic N) is 2. The van der Waals surface area contributed by atoms with Crippen LogP contribution in [-0.4, -0.2) is 55.4 Å². The first kappa shape index (κ1) is 24.5. The summed E-state index contributed by atoms with van der Waals surface area (Å²) < 4.78 is 33.3. The van der Waals surface area contributed by atoms with E-state index in [9.17, 15) is 13.2 Å². The Hall–Kier alpha value is -3.20. The molecule has 5 rings (SSSR count). The molecule has 0 radical (unpaired) electrons. The van der Waals surface area contributed by atoms with Gasteiger partial charge in [-0.3, -0.25) is 10.1 Å². The first-order chi connectivity index (χ1) is 17.4. The van der Waals surface area contributed by atoms with E-state index in [1.165, 1.54) is 4.31 Å². The van der Waals surface area contributed by atoms with Gasteiger partial charge < -0.3 is 9.64 Å². The molecule has 2 aliphatic rings. The quantitative estimate of drug-likeness (QED) is 0.532. The first-order valence-electron chi connectivity index (χ1n) is 12.2. The topological polar surface area (TPSA) is 79.0 Å². The molecular formula is C28H31N3O4S. The van der Waals surface area contributed by atoms with Crippen molar-refractivity contribution < 1.29 is 17.9 Å². The second-order valence-electron chi connectivity index (χ2n) is 9.41. The highest BCUT2D eigenvalue weighted by molar-refractivity contribution is 7.89. The van der Waals surface area contributed by atoms with E-state index in [4.69, 9.17) is 4.74 Å². The molecule has 188 valence electrons. The number of hydrogen-bond donors (Lipinski definition) is 1. The van der Waals surface area contributed by atoms with Crippen molar-refractivity contribution in [3.05, 3.63) is 96.1 Å². The Balaban J connectivity index is 1.37. The Morgan fingerprint density at radius 3 is 2.06 bits per heavy atom. The number of amides is 1. The molecule has 1 atom stereocenters. The summed E-state index contributed by atoms with van der Waals surface area (Å²) in [7, 11) is -2.09. The third-order valence-corrected chi connectivity index (χ3v) is 9.15. The zero-order chi connectivity index (χ0) is 25.2. The molecule has 8 heteroatoms. The number of rotatable bonds is 7. The van der Waals surface area contributed by atoms with Crippen LogP contribution in [0.25, 0.3) is 0 Å². The standard InChI is InChI=1S/C28H31N3O4S/c1-35-24-12-14-25(15-13-24)36(33,34)30-18-16-28(17-19-30)29-26(20-22-8-4-2-5-9-22)27(32)31(28)21-23-10-6-3-7-11-23/h2-15,26,29H,16-21H2,1H3. The average Bonchev–Trinajstić information content (AvgIpc) is 3.15. The van der Waals surface area contributed by atoms with Gasteiger partial charge in [0, 0.05) is 19.6 Å². The van der Waals surface area contributed by atoms with E-state index in [-0.39, 0.29) is 16.8 Å². The molecule has 1 unspecified atom stereocenters. The zero-order valence-corrected chi connectivity index (χ0v) is 21.2. The first-order valence-corrected chi connectivity index (χ1v) is 13.7. The number of carbonyl (C=O) groups excluding carboxylic acids is 1. The Kier molecular flexibility index (Phi) is 6.83. The highest BCUT2D eigenvalue weighted by Gasteiger charge is 2.52. The Labute approximate surface area is 212 Å². The van der Waals surface area contributed by atoms with E-state index in [2.05, 4.69) is 5.32 Å². The van der Waals surface area contributed by atoms with Crippen LogP contribution < -0.4 is 10.1 Å². The lowest BCUT2D eigenvalue weighted by atomic mass is 9.96. The molecule has 36 heavy (non-hydrogen) atoms. The SMILES string of the molecule is COc1ccc(S(=O)(=O)N2CCC3(CC2)NC(Cc2ccccc2)C(=O)N3Cc2ccccc2)cc1. The van der Waals surface area contributed by atoms with Crippen LogP contribution in [-0.2, 0) is 27.8 Å². The molecule has 0 saturated carbocycles. The number of benzene rings is 3. The third kappa shape index (κ3) is 4.76. The number of piperidine rings is 1. The fourth-order valence-corrected chi connectivity index (χ4v) is 6.70. The van der Waals surface area contributed by atoms with Crippen LogP contribution in [0, 0.1) is 0 Å². The molecule has 2 aliphatic heterocycles. The lowest BCUT2D eigenvalue weighted by Crippen LogP contribution is -2.59. The largest absolute Gasteiger partial charge is 0.497 e. The van der Waals surface area contributed by atoms with E-state index in [0.717, 1.165) is 11.1 Å². The summed E-state index contributed by atoms with van der Waals surface area (Å²) in [6.45, 7) is 1.15. The highest BCUT2D eigenvalue weighted by Crippen LogP contribution is 2.36. The van der Waals surface area contributed by atoms with Gasteiger partial charge in [-0.15, -0.1) is 0 Å². The second kappa shape index (κ2) is 10.0. The van der Waals surface area contributed by atoms with Crippen LogP contribution >= 0.6 is 0 Å². The van der Waals surface area contributed by atoms with Gasteiger partial charge in [-0.1, -0.05) is 60.7 Å². The molecule has 0 aromatic heterocycles. The number of nitrogens with one attached hydrogen (secondary N) is 1. The molecule has 2 saturated heterocycles. The molecule has 2 fully saturated rings. The van der Waals surface area contributed by atoms with Crippen molar-refractivity contribution in [2.75, 3.05) is 20.2 Å². The maximum atomic E-state index is 13.7. The van der Waals surface area contributed by atoms with Crippen LogP contribution in [0.2, 0.25) is 0 Å². The molecule has 3 aromatic rings. The van der Waals surface area contributed by atoms with Crippen LogP contribution in [0.3, 0.4) is 0 Å². The maximum Gasteiger partial charge on any atom is 0.243 e. The predicted molar refractivity (Wildman–Crippen MR) is 138 cm³/mol. The van der Waals surface area contributed by atoms with Gasteiger partial charge in [-0.05, 0) is 54.7 Å². The summed E-state index contributed by atoms with van der Waals surface area (Å²) in [5.74, 6) is 0.676. The molecule has 1 spiro atoms.